The van der Waals surface area contributed by atoms with E-state index in [9.17, 15) is 13.2 Å². The van der Waals surface area contributed by atoms with Crippen LogP contribution >= 0.6 is 23.2 Å². The average Bonchev–Trinajstić information content (AvgIpc) is 2.43. The summed E-state index contributed by atoms with van der Waals surface area (Å²) in [6.07, 6.45) is 0. The molecule has 0 radical (unpaired) electrons. The molecule has 0 bridgehead atoms. The molecule has 0 heterocycles. The molecule has 0 aliphatic rings. The van der Waals surface area contributed by atoms with E-state index >= 15 is 0 Å². The molecule has 0 aliphatic carbocycles. The summed E-state index contributed by atoms with van der Waals surface area (Å²) in [6, 6.07) is 8.70. The number of halogens is 2. The number of carbonyl (C=O) groups excluding carboxylic acids is 1. The van der Waals surface area contributed by atoms with E-state index in [1.54, 1.807) is 6.92 Å². The normalized spacial score (nSPS) is 11.2. The van der Waals surface area contributed by atoms with E-state index in [1.807, 2.05) is 0 Å². The van der Waals surface area contributed by atoms with Crippen LogP contribution in [-0.2, 0) is 10.0 Å². The zero-order valence-electron chi connectivity index (χ0n) is 11.4. The number of rotatable bonds is 4. The Morgan fingerprint density at radius 3 is 2.50 bits per heavy atom. The number of anilines is 1. The predicted octanol–water partition coefficient (Wildman–Crippen LogP) is 3.20. The third kappa shape index (κ3) is 3.35. The highest BCUT2D eigenvalue weighted by Gasteiger charge is 2.20. The van der Waals surface area contributed by atoms with Crippen LogP contribution in [0.15, 0.2) is 41.3 Å². The van der Waals surface area contributed by atoms with Crippen molar-refractivity contribution in [3.05, 3.63) is 57.6 Å². The van der Waals surface area contributed by atoms with Crippen molar-refractivity contribution in [1.82, 2.24) is 0 Å². The van der Waals surface area contributed by atoms with Crippen molar-refractivity contribution in [1.29, 1.82) is 0 Å². The molecule has 8 heteroatoms. The highest BCUT2D eigenvalue weighted by atomic mass is 35.5. The first-order chi connectivity index (χ1) is 10.2. The third-order valence-electron chi connectivity index (χ3n) is 3.03. The maximum absolute atomic E-state index is 12.4. The number of benzene rings is 2. The molecule has 0 atom stereocenters. The minimum Gasteiger partial charge on any atom is -0.366 e. The Balaban J connectivity index is 2.48. The molecular formula is C14H12Cl2N2O3S. The molecule has 2 aromatic carbocycles. The lowest BCUT2D eigenvalue weighted by Crippen LogP contribution is -2.17. The van der Waals surface area contributed by atoms with E-state index < -0.39 is 15.9 Å². The molecule has 0 saturated heterocycles. The van der Waals surface area contributed by atoms with Crippen LogP contribution < -0.4 is 10.5 Å². The van der Waals surface area contributed by atoms with E-state index in [4.69, 9.17) is 28.9 Å². The van der Waals surface area contributed by atoms with Gasteiger partial charge in [-0.25, -0.2) is 8.42 Å². The number of hydrogen-bond donors (Lipinski definition) is 2. The maximum Gasteiger partial charge on any atom is 0.263 e. The van der Waals surface area contributed by atoms with Gasteiger partial charge in [0.25, 0.3) is 10.0 Å². The number of carbonyl (C=O) groups is 1. The number of amides is 1. The summed E-state index contributed by atoms with van der Waals surface area (Å²) in [5, 5.41) is 0.285. The topological polar surface area (TPSA) is 89.3 Å². The van der Waals surface area contributed by atoms with Gasteiger partial charge in [-0.3, -0.25) is 9.52 Å². The van der Waals surface area contributed by atoms with Gasteiger partial charge in [-0.15, -0.1) is 0 Å². The van der Waals surface area contributed by atoms with Gasteiger partial charge in [-0.2, -0.15) is 0 Å². The van der Waals surface area contributed by atoms with Gasteiger partial charge in [0.1, 0.15) is 4.90 Å². The van der Waals surface area contributed by atoms with Gasteiger partial charge in [-0.1, -0.05) is 29.3 Å². The zero-order chi connectivity index (χ0) is 16.5. The molecule has 3 N–H and O–H groups in total. The standard InChI is InChI=1S/C14H12Cl2N2O3S/c1-8-10(14(17)19)3-2-4-12(8)18-22(20,21)13-7-9(15)5-6-11(13)16/h2-7,18H,1H3,(H2,17,19). The molecule has 0 saturated carbocycles. The van der Waals surface area contributed by atoms with E-state index in [2.05, 4.69) is 4.72 Å². The Morgan fingerprint density at radius 2 is 1.86 bits per heavy atom. The second-order valence-corrected chi connectivity index (χ2v) is 7.02. The fraction of sp³-hybridized carbons (Fsp3) is 0.0714. The van der Waals surface area contributed by atoms with Gasteiger partial charge >= 0.3 is 0 Å². The van der Waals surface area contributed by atoms with E-state index in [-0.39, 0.29) is 26.2 Å². The Labute approximate surface area is 138 Å². The number of sulfonamides is 1. The number of nitrogens with two attached hydrogens (primary N) is 1. The summed E-state index contributed by atoms with van der Waals surface area (Å²) in [7, 11) is -3.95. The molecule has 1 amide bonds. The maximum atomic E-state index is 12.4. The van der Waals surface area contributed by atoms with Gasteiger partial charge in [0.15, 0.2) is 0 Å². The van der Waals surface area contributed by atoms with Crippen LogP contribution in [-0.4, -0.2) is 14.3 Å². The van der Waals surface area contributed by atoms with Crippen LogP contribution in [0.2, 0.25) is 10.0 Å². The summed E-state index contributed by atoms with van der Waals surface area (Å²) in [4.78, 5) is 11.2. The van der Waals surface area contributed by atoms with Crippen molar-refractivity contribution >= 4 is 44.8 Å². The SMILES string of the molecule is Cc1c(NS(=O)(=O)c2cc(Cl)ccc2Cl)cccc1C(N)=O. The van der Waals surface area contributed by atoms with Crippen molar-refractivity contribution in [2.45, 2.75) is 11.8 Å². The molecule has 0 unspecified atom stereocenters. The van der Waals surface area contributed by atoms with Crippen molar-refractivity contribution in [2.75, 3.05) is 4.72 Å². The minimum atomic E-state index is -3.95. The van der Waals surface area contributed by atoms with Crippen molar-refractivity contribution in [2.24, 2.45) is 5.73 Å². The predicted molar refractivity (Wildman–Crippen MR) is 87.0 cm³/mol. The number of hydrogen-bond acceptors (Lipinski definition) is 3. The molecule has 0 aliphatic heterocycles. The van der Waals surface area contributed by atoms with Gasteiger partial charge in [-0.05, 0) is 42.8 Å². The second kappa shape index (κ2) is 6.16. The van der Waals surface area contributed by atoms with Crippen LogP contribution in [0.25, 0.3) is 0 Å². The van der Waals surface area contributed by atoms with Crippen LogP contribution in [0.5, 0.6) is 0 Å². The fourth-order valence-electron chi connectivity index (χ4n) is 1.90. The fourth-order valence-corrected chi connectivity index (χ4v) is 3.78. The van der Waals surface area contributed by atoms with Crippen LogP contribution in [0.1, 0.15) is 15.9 Å². The quantitative estimate of drug-likeness (QED) is 0.879. The van der Waals surface area contributed by atoms with Crippen molar-refractivity contribution < 1.29 is 13.2 Å². The monoisotopic (exact) mass is 358 g/mol. The van der Waals surface area contributed by atoms with Crippen molar-refractivity contribution in [3.8, 4) is 0 Å². The summed E-state index contributed by atoms with van der Waals surface area (Å²) in [5.41, 5.74) is 6.15. The first-order valence-electron chi connectivity index (χ1n) is 6.09. The lowest BCUT2D eigenvalue weighted by molar-refractivity contribution is 0.0999. The lowest BCUT2D eigenvalue weighted by Gasteiger charge is -2.13. The highest BCUT2D eigenvalue weighted by molar-refractivity contribution is 7.92. The molecule has 0 spiro atoms. The van der Waals surface area contributed by atoms with Gasteiger partial charge in [0.05, 0.1) is 10.7 Å². The molecule has 2 aromatic rings. The summed E-state index contributed by atoms with van der Waals surface area (Å²) in [5.74, 6) is -0.640. The zero-order valence-corrected chi connectivity index (χ0v) is 13.8. The Hall–Kier alpha value is -1.76. The lowest BCUT2D eigenvalue weighted by atomic mass is 10.1. The minimum absolute atomic E-state index is 0.0422. The third-order valence-corrected chi connectivity index (χ3v) is 5.11. The molecular weight excluding hydrogens is 347 g/mol. The molecule has 2 rings (SSSR count). The summed E-state index contributed by atoms with van der Waals surface area (Å²) in [6.45, 7) is 1.59. The summed E-state index contributed by atoms with van der Waals surface area (Å²) < 4.78 is 27.3. The molecule has 22 heavy (non-hydrogen) atoms. The van der Waals surface area contributed by atoms with Gasteiger partial charge < -0.3 is 5.73 Å². The summed E-state index contributed by atoms with van der Waals surface area (Å²) >= 11 is 11.7. The highest BCUT2D eigenvalue weighted by Crippen LogP contribution is 2.28. The smallest absolute Gasteiger partial charge is 0.263 e. The van der Waals surface area contributed by atoms with Gasteiger partial charge in [0, 0.05) is 10.6 Å². The van der Waals surface area contributed by atoms with Crippen molar-refractivity contribution in [3.63, 3.8) is 0 Å². The first-order valence-corrected chi connectivity index (χ1v) is 8.33. The van der Waals surface area contributed by atoms with Crippen LogP contribution in [0.4, 0.5) is 5.69 Å². The van der Waals surface area contributed by atoms with E-state index in [0.717, 1.165) is 0 Å². The molecule has 0 fully saturated rings. The van der Waals surface area contributed by atoms with Gasteiger partial charge in [0.2, 0.25) is 5.91 Å². The first kappa shape index (κ1) is 16.6. The number of nitrogens with one attached hydrogen (secondary N) is 1. The Bertz CT molecular complexity index is 851. The number of primary amides is 1. The largest absolute Gasteiger partial charge is 0.366 e. The van der Waals surface area contributed by atoms with E-state index in [0.29, 0.717) is 5.56 Å². The Morgan fingerprint density at radius 1 is 1.18 bits per heavy atom. The van der Waals surface area contributed by atoms with Crippen LogP contribution in [0, 0.1) is 6.92 Å². The second-order valence-electron chi connectivity index (χ2n) is 4.52. The molecule has 0 aromatic heterocycles. The van der Waals surface area contributed by atoms with E-state index in [1.165, 1.54) is 36.4 Å². The molecule has 5 nitrogen and oxygen atoms in total. The molecule has 116 valence electrons. The Kier molecular flexibility index (Phi) is 4.65. The average molecular weight is 359 g/mol. The van der Waals surface area contributed by atoms with Crippen LogP contribution in [0.3, 0.4) is 0 Å².